The van der Waals surface area contributed by atoms with Crippen molar-refractivity contribution < 1.29 is 9.53 Å². The number of carbonyl (C=O) groups is 1. The average Bonchev–Trinajstić information content (AvgIpc) is 2.69. The Bertz CT molecular complexity index is 443. The lowest BCUT2D eigenvalue weighted by Gasteiger charge is -2.27. The molecule has 0 atom stereocenters. The van der Waals surface area contributed by atoms with Crippen molar-refractivity contribution in [3.05, 3.63) is 15.6 Å². The molecule has 0 unspecified atom stereocenters. The van der Waals surface area contributed by atoms with Gasteiger partial charge in [0.1, 0.15) is 5.01 Å². The van der Waals surface area contributed by atoms with Crippen LogP contribution in [0.5, 0.6) is 0 Å². The molecule has 0 spiro atoms. The van der Waals surface area contributed by atoms with E-state index in [4.69, 9.17) is 4.74 Å². The van der Waals surface area contributed by atoms with E-state index in [0.29, 0.717) is 18.9 Å². The van der Waals surface area contributed by atoms with Crippen molar-refractivity contribution in [3.8, 4) is 0 Å². The third-order valence-corrected chi connectivity index (χ3v) is 4.16. The lowest BCUT2D eigenvalue weighted by molar-refractivity contribution is -0.142. The first-order valence-corrected chi connectivity index (χ1v) is 7.75. The van der Waals surface area contributed by atoms with E-state index in [2.05, 4.69) is 23.7 Å². The minimum atomic E-state index is -0.173. The normalized spacial score (nSPS) is 15.6. The summed E-state index contributed by atoms with van der Waals surface area (Å²) >= 11 is 1.67. The number of fused-ring (bicyclic) bond motifs is 1. The van der Waals surface area contributed by atoms with Crippen LogP contribution in [0, 0.1) is 5.92 Å². The summed E-state index contributed by atoms with van der Waals surface area (Å²) in [7, 11) is 0. The molecule has 1 aliphatic heterocycles. The highest BCUT2D eigenvalue weighted by molar-refractivity contribution is 7.11. The molecular formula is C14H22N2O2S. The summed E-state index contributed by atoms with van der Waals surface area (Å²) in [4.78, 5) is 19.8. The summed E-state index contributed by atoms with van der Waals surface area (Å²) in [5, 5.41) is 0.898. The van der Waals surface area contributed by atoms with Crippen molar-refractivity contribution in [2.45, 2.75) is 40.2 Å². The minimum Gasteiger partial charge on any atom is -0.466 e. The number of thiazole rings is 1. The van der Waals surface area contributed by atoms with Gasteiger partial charge >= 0.3 is 5.97 Å². The summed E-state index contributed by atoms with van der Waals surface area (Å²) in [6, 6.07) is 0. The Morgan fingerprint density at radius 2 is 2.32 bits per heavy atom. The fourth-order valence-corrected chi connectivity index (χ4v) is 3.53. The van der Waals surface area contributed by atoms with Crippen LogP contribution in [0.2, 0.25) is 0 Å². The molecule has 0 aliphatic carbocycles. The van der Waals surface area contributed by atoms with Crippen molar-refractivity contribution in [2.75, 3.05) is 19.7 Å². The number of nitrogens with zero attached hydrogens (tertiary/aromatic N) is 2. The van der Waals surface area contributed by atoms with Crippen molar-refractivity contribution in [2.24, 2.45) is 5.92 Å². The molecule has 0 saturated carbocycles. The second-order valence-corrected chi connectivity index (χ2v) is 6.51. The SMILES string of the molecule is CCOC(=O)Cc1nc2c(s1)CN(CC(C)C)CC2. The highest BCUT2D eigenvalue weighted by Crippen LogP contribution is 2.26. The van der Waals surface area contributed by atoms with E-state index in [-0.39, 0.29) is 5.97 Å². The highest BCUT2D eigenvalue weighted by atomic mass is 32.1. The van der Waals surface area contributed by atoms with Crippen LogP contribution in [0.4, 0.5) is 0 Å². The molecule has 0 fully saturated rings. The Morgan fingerprint density at radius 1 is 1.53 bits per heavy atom. The molecule has 19 heavy (non-hydrogen) atoms. The van der Waals surface area contributed by atoms with Crippen LogP contribution in [0.15, 0.2) is 0 Å². The van der Waals surface area contributed by atoms with Gasteiger partial charge in [0.25, 0.3) is 0 Å². The number of hydrogen-bond donors (Lipinski definition) is 0. The Kier molecular flexibility index (Phi) is 4.93. The van der Waals surface area contributed by atoms with Gasteiger partial charge in [-0.25, -0.2) is 4.98 Å². The van der Waals surface area contributed by atoms with Crippen LogP contribution in [0.1, 0.15) is 36.3 Å². The number of hydrogen-bond acceptors (Lipinski definition) is 5. The maximum Gasteiger partial charge on any atom is 0.312 e. The van der Waals surface area contributed by atoms with Gasteiger partial charge in [0, 0.05) is 30.9 Å². The molecule has 106 valence electrons. The third-order valence-electron chi connectivity index (χ3n) is 3.08. The van der Waals surface area contributed by atoms with Gasteiger partial charge in [-0.2, -0.15) is 0 Å². The zero-order chi connectivity index (χ0) is 13.8. The average molecular weight is 282 g/mol. The fraction of sp³-hybridized carbons (Fsp3) is 0.714. The Labute approximate surface area is 118 Å². The summed E-state index contributed by atoms with van der Waals surface area (Å²) in [6.07, 6.45) is 1.32. The van der Waals surface area contributed by atoms with Crippen LogP contribution in [0.3, 0.4) is 0 Å². The molecular weight excluding hydrogens is 260 g/mol. The van der Waals surface area contributed by atoms with Gasteiger partial charge in [0.05, 0.1) is 18.7 Å². The van der Waals surface area contributed by atoms with Crippen molar-refractivity contribution in [1.29, 1.82) is 0 Å². The van der Waals surface area contributed by atoms with E-state index >= 15 is 0 Å². The molecule has 1 aliphatic rings. The van der Waals surface area contributed by atoms with E-state index in [9.17, 15) is 4.79 Å². The zero-order valence-electron chi connectivity index (χ0n) is 11.9. The largest absolute Gasteiger partial charge is 0.466 e. The standard InChI is InChI=1S/C14H22N2O2S/c1-4-18-14(17)7-13-15-11-5-6-16(8-10(2)3)9-12(11)19-13/h10H,4-9H2,1-3H3. The summed E-state index contributed by atoms with van der Waals surface area (Å²) in [5.41, 5.74) is 1.18. The molecule has 0 N–H and O–H groups in total. The molecule has 5 heteroatoms. The highest BCUT2D eigenvalue weighted by Gasteiger charge is 2.21. The second kappa shape index (κ2) is 6.48. The number of rotatable bonds is 5. The lowest BCUT2D eigenvalue weighted by Crippen LogP contribution is -2.32. The van der Waals surface area contributed by atoms with E-state index in [0.717, 1.165) is 31.1 Å². The molecule has 0 amide bonds. The molecule has 1 aromatic heterocycles. The first-order valence-electron chi connectivity index (χ1n) is 6.94. The van der Waals surface area contributed by atoms with Gasteiger partial charge in [-0.1, -0.05) is 13.8 Å². The number of aromatic nitrogens is 1. The van der Waals surface area contributed by atoms with Gasteiger partial charge < -0.3 is 4.74 Å². The van der Waals surface area contributed by atoms with Gasteiger partial charge in [-0.15, -0.1) is 11.3 Å². The number of carbonyl (C=O) groups excluding carboxylic acids is 1. The quantitative estimate of drug-likeness (QED) is 0.777. The van der Waals surface area contributed by atoms with Crippen molar-refractivity contribution in [3.63, 3.8) is 0 Å². The molecule has 2 rings (SSSR count). The van der Waals surface area contributed by atoms with Crippen LogP contribution in [-0.4, -0.2) is 35.5 Å². The number of ether oxygens (including phenoxy) is 1. The van der Waals surface area contributed by atoms with Crippen LogP contribution in [-0.2, 0) is 28.9 Å². The fourth-order valence-electron chi connectivity index (χ4n) is 2.39. The summed E-state index contributed by atoms with van der Waals surface area (Å²) < 4.78 is 4.97. The van der Waals surface area contributed by atoms with Crippen molar-refractivity contribution in [1.82, 2.24) is 9.88 Å². The monoisotopic (exact) mass is 282 g/mol. The maximum atomic E-state index is 11.5. The molecule has 0 aromatic carbocycles. The van der Waals surface area contributed by atoms with E-state index in [1.807, 2.05) is 6.92 Å². The smallest absolute Gasteiger partial charge is 0.312 e. The van der Waals surface area contributed by atoms with E-state index in [1.165, 1.54) is 10.6 Å². The minimum absolute atomic E-state index is 0.173. The van der Waals surface area contributed by atoms with Crippen LogP contribution < -0.4 is 0 Å². The number of esters is 1. The first-order chi connectivity index (χ1) is 9.08. The first kappa shape index (κ1) is 14.5. The summed E-state index contributed by atoms with van der Waals surface area (Å²) in [6.45, 7) is 9.94. The van der Waals surface area contributed by atoms with Crippen molar-refractivity contribution >= 4 is 17.3 Å². The molecule has 0 radical (unpaired) electrons. The maximum absolute atomic E-state index is 11.5. The molecule has 0 saturated heterocycles. The third kappa shape index (κ3) is 4.01. The zero-order valence-corrected chi connectivity index (χ0v) is 12.8. The van der Waals surface area contributed by atoms with Gasteiger partial charge in [-0.05, 0) is 12.8 Å². The topological polar surface area (TPSA) is 42.4 Å². The predicted molar refractivity (Wildman–Crippen MR) is 76.3 cm³/mol. The van der Waals surface area contributed by atoms with Gasteiger partial charge in [0.2, 0.25) is 0 Å². The van der Waals surface area contributed by atoms with Gasteiger partial charge in [-0.3, -0.25) is 9.69 Å². The Balaban J connectivity index is 1.98. The summed E-state index contributed by atoms with van der Waals surface area (Å²) in [5.74, 6) is 0.515. The Hall–Kier alpha value is -0.940. The second-order valence-electron chi connectivity index (χ2n) is 5.34. The van der Waals surface area contributed by atoms with Crippen LogP contribution >= 0.6 is 11.3 Å². The Morgan fingerprint density at radius 3 is 3.00 bits per heavy atom. The molecule has 0 bridgehead atoms. The molecule has 4 nitrogen and oxygen atoms in total. The predicted octanol–water partition coefficient (Wildman–Crippen LogP) is 2.26. The molecule has 2 heterocycles. The van der Waals surface area contributed by atoms with Gasteiger partial charge in [0.15, 0.2) is 0 Å². The lowest BCUT2D eigenvalue weighted by atomic mass is 10.1. The van der Waals surface area contributed by atoms with Crippen LogP contribution in [0.25, 0.3) is 0 Å². The van der Waals surface area contributed by atoms with E-state index < -0.39 is 0 Å². The molecule has 1 aromatic rings. The van der Waals surface area contributed by atoms with E-state index in [1.54, 1.807) is 11.3 Å².